The van der Waals surface area contributed by atoms with Gasteiger partial charge in [0.2, 0.25) is 0 Å². The highest BCUT2D eigenvalue weighted by Gasteiger charge is 2.12. The van der Waals surface area contributed by atoms with Crippen LogP contribution in [-0.4, -0.2) is 86.9 Å². The molecule has 0 spiro atoms. The monoisotopic (exact) mass is 469 g/mol. The molecule has 0 radical (unpaired) electrons. The lowest BCUT2D eigenvalue weighted by atomic mass is 10.2. The first kappa shape index (κ1) is 24.9. The van der Waals surface area contributed by atoms with Crippen LogP contribution in [0.4, 0.5) is 0 Å². The topological polar surface area (TPSA) is 52.1 Å². The molecule has 0 amide bonds. The summed E-state index contributed by atoms with van der Waals surface area (Å²) in [7, 11) is 0. The van der Waals surface area contributed by atoms with E-state index in [1.807, 2.05) is 0 Å². The fourth-order valence-corrected chi connectivity index (χ4v) is 3.07. The lowest BCUT2D eigenvalue weighted by Crippen LogP contribution is -2.45. The maximum Gasteiger partial charge on any atom is 0.191 e. The molecule has 0 aromatic rings. The molecule has 0 aromatic heterocycles. The van der Waals surface area contributed by atoms with Gasteiger partial charge >= 0.3 is 0 Å². The largest absolute Gasteiger partial charge is 0.379 e. The van der Waals surface area contributed by atoms with Gasteiger partial charge in [0.1, 0.15) is 0 Å². The van der Waals surface area contributed by atoms with Crippen molar-refractivity contribution < 1.29 is 4.74 Å². The molecule has 0 aromatic carbocycles. The first-order chi connectivity index (χ1) is 11.5. The Morgan fingerprint density at radius 1 is 1.12 bits per heavy atom. The van der Waals surface area contributed by atoms with E-state index in [9.17, 15) is 0 Å². The average molecular weight is 469 g/mol. The van der Waals surface area contributed by atoms with E-state index in [1.54, 1.807) is 0 Å². The Kier molecular flexibility index (Phi) is 14.9. The van der Waals surface area contributed by atoms with Crippen LogP contribution in [0.2, 0.25) is 0 Å². The number of morpholine rings is 1. The third-order valence-corrected chi connectivity index (χ3v) is 4.34. The van der Waals surface area contributed by atoms with Crippen molar-refractivity contribution in [2.45, 2.75) is 53.1 Å². The van der Waals surface area contributed by atoms with Crippen LogP contribution in [-0.2, 0) is 4.74 Å². The van der Waals surface area contributed by atoms with Crippen LogP contribution in [0.15, 0.2) is 4.99 Å². The fourth-order valence-electron chi connectivity index (χ4n) is 3.07. The predicted molar refractivity (Wildman–Crippen MR) is 118 cm³/mol. The Labute approximate surface area is 172 Å². The molecule has 1 aliphatic heterocycles. The number of guanidine groups is 1. The van der Waals surface area contributed by atoms with E-state index in [0.717, 1.165) is 71.4 Å². The second kappa shape index (κ2) is 15.0. The summed E-state index contributed by atoms with van der Waals surface area (Å²) in [4.78, 5) is 9.66. The molecular formula is C18H40IN5O. The van der Waals surface area contributed by atoms with Crippen molar-refractivity contribution in [3.63, 3.8) is 0 Å². The summed E-state index contributed by atoms with van der Waals surface area (Å²) in [5.41, 5.74) is 0. The molecule has 7 heteroatoms. The van der Waals surface area contributed by atoms with Crippen LogP contribution in [0.5, 0.6) is 0 Å². The molecule has 1 fully saturated rings. The molecule has 25 heavy (non-hydrogen) atoms. The number of rotatable bonds is 10. The van der Waals surface area contributed by atoms with Gasteiger partial charge in [-0.2, -0.15) is 0 Å². The van der Waals surface area contributed by atoms with Crippen LogP contribution in [0.3, 0.4) is 0 Å². The van der Waals surface area contributed by atoms with Gasteiger partial charge in [-0.05, 0) is 41.0 Å². The van der Waals surface area contributed by atoms with E-state index in [2.05, 4.69) is 55.1 Å². The minimum atomic E-state index is 0. The van der Waals surface area contributed by atoms with E-state index in [4.69, 9.17) is 9.73 Å². The summed E-state index contributed by atoms with van der Waals surface area (Å²) >= 11 is 0. The van der Waals surface area contributed by atoms with Gasteiger partial charge in [-0.3, -0.25) is 14.8 Å². The summed E-state index contributed by atoms with van der Waals surface area (Å²) in [6, 6.07) is 1.14. The van der Waals surface area contributed by atoms with E-state index in [-0.39, 0.29) is 24.0 Å². The van der Waals surface area contributed by atoms with Gasteiger partial charge in [0.05, 0.1) is 13.2 Å². The molecule has 2 N–H and O–H groups in total. The van der Waals surface area contributed by atoms with Crippen molar-refractivity contribution in [3.05, 3.63) is 0 Å². The second-order valence-electron chi connectivity index (χ2n) is 6.92. The van der Waals surface area contributed by atoms with Gasteiger partial charge in [-0.25, -0.2) is 0 Å². The second-order valence-corrected chi connectivity index (χ2v) is 6.92. The number of ether oxygens (including phenoxy) is 1. The van der Waals surface area contributed by atoms with E-state index < -0.39 is 0 Å². The molecule has 1 heterocycles. The van der Waals surface area contributed by atoms with Gasteiger partial charge < -0.3 is 15.4 Å². The van der Waals surface area contributed by atoms with Crippen molar-refractivity contribution in [2.24, 2.45) is 4.99 Å². The van der Waals surface area contributed by atoms with Crippen LogP contribution in [0.25, 0.3) is 0 Å². The van der Waals surface area contributed by atoms with Crippen molar-refractivity contribution in [2.75, 3.05) is 59.0 Å². The molecular weight excluding hydrogens is 429 g/mol. The standard InChI is InChI=1S/C18H39N5O.HI/c1-6-19-18(21-9-11-23(16(2)3)17(4)5)20-8-7-10-22-12-14-24-15-13-22;/h16-17H,6-15H2,1-5H3,(H2,19,20,21);1H. The summed E-state index contributed by atoms with van der Waals surface area (Å²) in [5, 5.41) is 6.80. The normalized spacial score (nSPS) is 16.4. The smallest absolute Gasteiger partial charge is 0.191 e. The highest BCUT2D eigenvalue weighted by molar-refractivity contribution is 14.0. The van der Waals surface area contributed by atoms with Gasteiger partial charge in [0, 0.05) is 57.9 Å². The lowest BCUT2D eigenvalue weighted by molar-refractivity contribution is 0.0377. The minimum Gasteiger partial charge on any atom is -0.379 e. The van der Waals surface area contributed by atoms with Crippen molar-refractivity contribution in [3.8, 4) is 0 Å². The van der Waals surface area contributed by atoms with E-state index in [0.29, 0.717) is 12.1 Å². The van der Waals surface area contributed by atoms with Crippen LogP contribution in [0, 0.1) is 0 Å². The maximum absolute atomic E-state index is 5.38. The Hall–Kier alpha value is -0.120. The van der Waals surface area contributed by atoms with Crippen molar-refractivity contribution >= 4 is 29.9 Å². The summed E-state index contributed by atoms with van der Waals surface area (Å²) in [5.74, 6) is 0.937. The third kappa shape index (κ3) is 11.2. The summed E-state index contributed by atoms with van der Waals surface area (Å²) in [6.45, 7) is 19.8. The van der Waals surface area contributed by atoms with Gasteiger partial charge in [0.25, 0.3) is 0 Å². The minimum absolute atomic E-state index is 0. The fraction of sp³-hybridized carbons (Fsp3) is 0.944. The first-order valence-electron chi connectivity index (χ1n) is 9.62. The molecule has 6 nitrogen and oxygen atoms in total. The SMILES string of the molecule is CCNC(=NCCCN1CCOCC1)NCCN(C(C)C)C(C)C.I. The highest BCUT2D eigenvalue weighted by atomic mass is 127. The third-order valence-electron chi connectivity index (χ3n) is 4.34. The van der Waals surface area contributed by atoms with Crippen molar-refractivity contribution in [1.29, 1.82) is 0 Å². The Morgan fingerprint density at radius 3 is 2.32 bits per heavy atom. The Bertz CT molecular complexity index is 338. The predicted octanol–water partition coefficient (Wildman–Crippen LogP) is 2.00. The number of nitrogens with zero attached hydrogens (tertiary/aromatic N) is 3. The highest BCUT2D eigenvalue weighted by Crippen LogP contribution is 2.03. The number of nitrogens with one attached hydrogen (secondary N) is 2. The van der Waals surface area contributed by atoms with E-state index in [1.165, 1.54) is 0 Å². The zero-order chi connectivity index (χ0) is 17.8. The van der Waals surface area contributed by atoms with Gasteiger partial charge in [-0.1, -0.05) is 0 Å². The van der Waals surface area contributed by atoms with Crippen LogP contribution < -0.4 is 10.6 Å². The molecule has 0 bridgehead atoms. The Morgan fingerprint density at radius 2 is 1.76 bits per heavy atom. The van der Waals surface area contributed by atoms with E-state index >= 15 is 0 Å². The molecule has 150 valence electrons. The van der Waals surface area contributed by atoms with Gasteiger partial charge in [0.15, 0.2) is 5.96 Å². The number of hydrogen-bond donors (Lipinski definition) is 2. The molecule has 1 saturated heterocycles. The Balaban J connectivity index is 0.00000576. The summed E-state index contributed by atoms with van der Waals surface area (Å²) < 4.78 is 5.38. The van der Waals surface area contributed by atoms with Gasteiger partial charge in [-0.15, -0.1) is 24.0 Å². The molecule has 0 unspecified atom stereocenters. The first-order valence-corrected chi connectivity index (χ1v) is 9.62. The zero-order valence-corrected chi connectivity index (χ0v) is 19.2. The number of halogens is 1. The maximum atomic E-state index is 5.38. The molecule has 0 saturated carbocycles. The molecule has 0 aliphatic carbocycles. The number of aliphatic imine (C=N–C) groups is 1. The average Bonchev–Trinajstić information content (AvgIpc) is 2.55. The van der Waals surface area contributed by atoms with Crippen LogP contribution >= 0.6 is 24.0 Å². The van der Waals surface area contributed by atoms with Crippen LogP contribution in [0.1, 0.15) is 41.0 Å². The summed E-state index contributed by atoms with van der Waals surface area (Å²) in [6.07, 6.45) is 1.10. The molecule has 1 aliphatic rings. The number of hydrogen-bond acceptors (Lipinski definition) is 4. The van der Waals surface area contributed by atoms with Crippen molar-refractivity contribution in [1.82, 2.24) is 20.4 Å². The zero-order valence-electron chi connectivity index (χ0n) is 16.9. The molecule has 0 atom stereocenters. The quantitative estimate of drug-likeness (QED) is 0.222. The molecule has 1 rings (SSSR count). The lowest BCUT2D eigenvalue weighted by Gasteiger charge is -2.30.